The lowest BCUT2D eigenvalue weighted by Crippen LogP contribution is -2.42. The molecule has 1 amide bonds. The molecule has 0 bridgehead atoms. The lowest BCUT2D eigenvalue weighted by molar-refractivity contribution is -0.00808. The van der Waals surface area contributed by atoms with E-state index in [0.717, 1.165) is 16.3 Å². The zero-order valence-corrected chi connectivity index (χ0v) is 15.0. The van der Waals surface area contributed by atoms with Crippen molar-refractivity contribution in [2.24, 2.45) is 0 Å². The van der Waals surface area contributed by atoms with Crippen LogP contribution in [0.3, 0.4) is 0 Å². The van der Waals surface area contributed by atoms with Gasteiger partial charge >= 0.3 is 0 Å². The molecule has 3 aromatic rings. The molecule has 3 aromatic carbocycles. The highest BCUT2D eigenvalue weighted by Gasteiger charge is 2.35. The van der Waals surface area contributed by atoms with Gasteiger partial charge in [-0.15, -0.1) is 0 Å². The fraction of sp³-hybridized carbons (Fsp3) is 0.261. The van der Waals surface area contributed by atoms with Gasteiger partial charge in [0.1, 0.15) is 5.82 Å². The molecule has 1 fully saturated rings. The maximum absolute atomic E-state index is 13.1. The molecule has 0 atom stereocenters. The van der Waals surface area contributed by atoms with Gasteiger partial charge in [-0.1, -0.05) is 42.5 Å². The van der Waals surface area contributed by atoms with E-state index in [1.165, 1.54) is 12.1 Å². The van der Waals surface area contributed by atoms with Crippen LogP contribution in [0.4, 0.5) is 4.39 Å². The number of carbonyl (C=O) groups is 1. The molecule has 0 heterocycles. The third-order valence-corrected chi connectivity index (χ3v) is 5.54. The molecule has 2 N–H and O–H groups in total. The first-order valence-corrected chi connectivity index (χ1v) is 9.32. The van der Waals surface area contributed by atoms with Gasteiger partial charge in [0.05, 0.1) is 5.60 Å². The second-order valence-electron chi connectivity index (χ2n) is 7.35. The lowest BCUT2D eigenvalue weighted by atomic mass is 9.77. The smallest absolute Gasteiger partial charge is 0.251 e. The molecule has 0 saturated heterocycles. The third-order valence-electron chi connectivity index (χ3n) is 5.54. The minimum absolute atomic E-state index is 0.0321. The summed E-state index contributed by atoms with van der Waals surface area (Å²) in [5.74, 6) is -0.392. The average Bonchev–Trinajstić information content (AvgIpc) is 2.70. The largest absolute Gasteiger partial charge is 0.385 e. The highest BCUT2D eigenvalue weighted by Crippen LogP contribution is 2.37. The third kappa shape index (κ3) is 3.71. The number of fused-ring (bicyclic) bond motifs is 1. The fourth-order valence-corrected chi connectivity index (χ4v) is 3.89. The highest BCUT2D eigenvalue weighted by molar-refractivity contribution is 5.98. The monoisotopic (exact) mass is 363 g/mol. The van der Waals surface area contributed by atoms with Crippen molar-refractivity contribution >= 4 is 16.7 Å². The Morgan fingerprint density at radius 2 is 1.63 bits per heavy atom. The summed E-state index contributed by atoms with van der Waals surface area (Å²) in [6.07, 6.45) is 2.46. The molecule has 1 aliphatic rings. The molecule has 3 nitrogen and oxygen atoms in total. The minimum atomic E-state index is -0.947. The molecule has 4 rings (SSSR count). The Morgan fingerprint density at radius 1 is 0.963 bits per heavy atom. The van der Waals surface area contributed by atoms with Crippen LogP contribution in [-0.4, -0.2) is 17.1 Å². The predicted molar refractivity (Wildman–Crippen MR) is 104 cm³/mol. The molecular weight excluding hydrogens is 341 g/mol. The number of amides is 1. The average molecular weight is 363 g/mol. The summed E-state index contributed by atoms with van der Waals surface area (Å²) in [5, 5.41) is 16.1. The highest BCUT2D eigenvalue weighted by atomic mass is 19.1. The van der Waals surface area contributed by atoms with E-state index in [1.807, 2.05) is 42.5 Å². The predicted octanol–water partition coefficient (Wildman–Crippen LogP) is 4.54. The van der Waals surface area contributed by atoms with E-state index in [1.54, 1.807) is 12.1 Å². The first-order valence-electron chi connectivity index (χ1n) is 9.32. The minimum Gasteiger partial charge on any atom is -0.385 e. The van der Waals surface area contributed by atoms with Crippen LogP contribution >= 0.6 is 0 Å². The van der Waals surface area contributed by atoms with E-state index in [9.17, 15) is 14.3 Å². The Morgan fingerprint density at radius 3 is 2.33 bits per heavy atom. The summed E-state index contributed by atoms with van der Waals surface area (Å²) in [7, 11) is 0. The van der Waals surface area contributed by atoms with E-state index in [-0.39, 0.29) is 17.8 Å². The molecule has 1 aliphatic carbocycles. The number of carbonyl (C=O) groups excluding carboxylic acids is 1. The van der Waals surface area contributed by atoms with Crippen molar-refractivity contribution < 1.29 is 14.3 Å². The van der Waals surface area contributed by atoms with Crippen LogP contribution in [0.15, 0.2) is 66.7 Å². The first kappa shape index (κ1) is 17.7. The van der Waals surface area contributed by atoms with Crippen molar-refractivity contribution in [3.63, 3.8) is 0 Å². The molecule has 0 aromatic heterocycles. The molecule has 4 heteroatoms. The van der Waals surface area contributed by atoms with Gasteiger partial charge in [0, 0.05) is 11.6 Å². The Labute approximate surface area is 157 Å². The number of aliphatic hydroxyl groups is 1. The second kappa shape index (κ2) is 7.12. The maximum atomic E-state index is 13.1. The van der Waals surface area contributed by atoms with Crippen LogP contribution < -0.4 is 5.32 Å². The van der Waals surface area contributed by atoms with Crippen molar-refractivity contribution in [3.8, 4) is 0 Å². The lowest BCUT2D eigenvalue weighted by Gasteiger charge is -2.36. The molecule has 1 saturated carbocycles. The zero-order valence-electron chi connectivity index (χ0n) is 15.0. The normalized spacial score (nSPS) is 22.5. The summed E-state index contributed by atoms with van der Waals surface area (Å²) >= 11 is 0. The summed E-state index contributed by atoms with van der Waals surface area (Å²) in [5.41, 5.74) is 0.439. The number of benzene rings is 3. The van der Waals surface area contributed by atoms with Gasteiger partial charge in [0.2, 0.25) is 0 Å². The first-order chi connectivity index (χ1) is 13.0. The summed E-state index contributed by atoms with van der Waals surface area (Å²) in [6, 6.07) is 19.7. The van der Waals surface area contributed by atoms with Crippen LogP contribution in [0.2, 0.25) is 0 Å². The molecule has 0 aliphatic heterocycles. The van der Waals surface area contributed by atoms with E-state index in [0.29, 0.717) is 31.2 Å². The Bertz CT molecular complexity index is 960. The Hall–Kier alpha value is -2.72. The maximum Gasteiger partial charge on any atom is 0.251 e. The fourth-order valence-electron chi connectivity index (χ4n) is 3.89. The van der Waals surface area contributed by atoms with Crippen LogP contribution in [0.5, 0.6) is 0 Å². The van der Waals surface area contributed by atoms with E-state index < -0.39 is 5.60 Å². The summed E-state index contributed by atoms with van der Waals surface area (Å²) < 4.78 is 13.1. The summed E-state index contributed by atoms with van der Waals surface area (Å²) in [6.45, 7) is 0. The van der Waals surface area contributed by atoms with Gasteiger partial charge in [0.15, 0.2) is 0 Å². The number of rotatable bonds is 3. The molecule has 138 valence electrons. The molecular formula is C23H22FNO2. The quantitative estimate of drug-likeness (QED) is 0.718. The van der Waals surface area contributed by atoms with Crippen LogP contribution in [0.1, 0.15) is 41.6 Å². The van der Waals surface area contributed by atoms with Crippen LogP contribution in [0, 0.1) is 5.82 Å². The van der Waals surface area contributed by atoms with Crippen molar-refractivity contribution in [1.82, 2.24) is 5.32 Å². The van der Waals surface area contributed by atoms with Crippen molar-refractivity contribution in [1.29, 1.82) is 0 Å². The Kier molecular flexibility index (Phi) is 4.66. The van der Waals surface area contributed by atoms with Gasteiger partial charge in [-0.3, -0.25) is 4.79 Å². The zero-order chi connectivity index (χ0) is 18.9. The van der Waals surface area contributed by atoms with Crippen LogP contribution in [-0.2, 0) is 5.60 Å². The number of nitrogens with one attached hydrogen (secondary N) is 1. The Balaban J connectivity index is 1.40. The topological polar surface area (TPSA) is 49.3 Å². The van der Waals surface area contributed by atoms with E-state index >= 15 is 0 Å². The molecule has 27 heavy (non-hydrogen) atoms. The van der Waals surface area contributed by atoms with Crippen LogP contribution in [0.25, 0.3) is 10.8 Å². The number of hydrogen-bond donors (Lipinski definition) is 2. The van der Waals surface area contributed by atoms with Crippen molar-refractivity contribution in [3.05, 3.63) is 83.7 Å². The molecule has 0 spiro atoms. The number of hydrogen-bond acceptors (Lipinski definition) is 2. The standard InChI is InChI=1S/C23H22FNO2/c24-20-9-7-19(8-10-20)23(27)13-11-21(12-14-23)25-22(26)18-6-5-16-3-1-2-4-17(16)15-18/h1-10,15,21,27H,11-14H2,(H,25,26). The van der Waals surface area contributed by atoms with Crippen molar-refractivity contribution in [2.45, 2.75) is 37.3 Å². The summed E-state index contributed by atoms with van der Waals surface area (Å²) in [4.78, 5) is 12.6. The second-order valence-corrected chi connectivity index (χ2v) is 7.35. The van der Waals surface area contributed by atoms with Gasteiger partial charge in [-0.2, -0.15) is 0 Å². The van der Waals surface area contributed by atoms with E-state index in [4.69, 9.17) is 0 Å². The van der Waals surface area contributed by atoms with E-state index in [2.05, 4.69) is 5.32 Å². The van der Waals surface area contributed by atoms with Crippen molar-refractivity contribution in [2.75, 3.05) is 0 Å². The van der Waals surface area contributed by atoms with Gasteiger partial charge in [-0.25, -0.2) is 4.39 Å². The molecule has 0 unspecified atom stereocenters. The van der Waals surface area contributed by atoms with Gasteiger partial charge < -0.3 is 10.4 Å². The number of halogens is 1. The SMILES string of the molecule is O=C(NC1CCC(O)(c2ccc(F)cc2)CC1)c1ccc2ccccc2c1. The van der Waals surface area contributed by atoms with Gasteiger partial charge in [-0.05, 0) is 66.3 Å². The van der Waals surface area contributed by atoms with Gasteiger partial charge in [0.25, 0.3) is 5.91 Å². The molecule has 0 radical (unpaired) electrons.